The fraction of sp³-hybridized carbons (Fsp3) is 0.364. The minimum absolute atomic E-state index is 0.0419. The van der Waals surface area contributed by atoms with E-state index < -0.39 is 0 Å². The van der Waals surface area contributed by atoms with Crippen LogP contribution in [0.3, 0.4) is 0 Å². The molecule has 4 aromatic rings. The molecule has 3 heterocycles. The molecule has 0 aliphatic carbocycles. The number of para-hydroxylation sites is 1. The van der Waals surface area contributed by atoms with Gasteiger partial charge in [0.05, 0.1) is 17.4 Å². The highest BCUT2D eigenvalue weighted by atomic mass is 16.5. The number of urea groups is 1. The van der Waals surface area contributed by atoms with Crippen molar-refractivity contribution in [1.29, 1.82) is 0 Å². The quantitative estimate of drug-likeness (QED) is 0.278. The SMILES string of the molecule is CC(=O)N(C)C1CCN(c2nccc(Oc3ccccc3CNC(=O)Nc3cc(C(C)(C)C)nn3-c3ccc(C)cc3)n2)C1. The molecule has 0 bridgehead atoms. The Balaban J connectivity index is 1.26. The molecule has 11 heteroatoms. The highest BCUT2D eigenvalue weighted by Gasteiger charge is 2.29. The second kappa shape index (κ2) is 12.7. The number of carbonyl (C=O) groups excluding carboxylic acids is 2. The lowest BCUT2D eigenvalue weighted by molar-refractivity contribution is -0.129. The van der Waals surface area contributed by atoms with Crippen molar-refractivity contribution < 1.29 is 14.3 Å². The van der Waals surface area contributed by atoms with Gasteiger partial charge in [-0.2, -0.15) is 10.1 Å². The van der Waals surface area contributed by atoms with Crippen molar-refractivity contribution in [3.05, 3.63) is 83.7 Å². The van der Waals surface area contributed by atoms with Crippen molar-refractivity contribution in [2.24, 2.45) is 0 Å². The van der Waals surface area contributed by atoms with Crippen LogP contribution < -0.4 is 20.3 Å². The van der Waals surface area contributed by atoms with Gasteiger partial charge in [0, 0.05) is 62.9 Å². The van der Waals surface area contributed by atoms with E-state index in [2.05, 4.69) is 46.3 Å². The molecule has 2 aromatic carbocycles. The zero-order chi connectivity index (χ0) is 31.4. The fourth-order valence-corrected chi connectivity index (χ4v) is 4.96. The highest BCUT2D eigenvalue weighted by molar-refractivity contribution is 5.88. The van der Waals surface area contributed by atoms with E-state index in [4.69, 9.17) is 9.84 Å². The number of aryl methyl sites for hydroxylation is 1. The van der Waals surface area contributed by atoms with Crippen LogP contribution in [0.15, 0.2) is 66.9 Å². The zero-order valence-electron chi connectivity index (χ0n) is 26.2. The molecule has 1 saturated heterocycles. The molecule has 1 aliphatic heterocycles. The maximum absolute atomic E-state index is 13.1. The standard InChI is InChI=1S/C33H40N8O3/c1-22-11-13-25(14-12-22)41-29(19-28(38-41)33(3,4)5)36-32(43)35-20-24-9-7-8-10-27(24)44-30-15-17-34-31(37-30)40-18-16-26(21-40)39(6)23(2)42/h7-15,17,19,26H,16,18,20-21H2,1-6H3,(H2,35,36,43). The van der Waals surface area contributed by atoms with E-state index in [1.807, 2.05) is 68.6 Å². The van der Waals surface area contributed by atoms with E-state index >= 15 is 0 Å². The van der Waals surface area contributed by atoms with Crippen LogP contribution >= 0.6 is 0 Å². The summed E-state index contributed by atoms with van der Waals surface area (Å²) < 4.78 is 7.93. The third-order valence-electron chi connectivity index (χ3n) is 7.73. The summed E-state index contributed by atoms with van der Waals surface area (Å²) in [5.74, 6) is 2.14. The predicted molar refractivity (Wildman–Crippen MR) is 170 cm³/mol. The second-order valence-corrected chi connectivity index (χ2v) is 12.1. The van der Waals surface area contributed by atoms with E-state index in [0.717, 1.165) is 35.5 Å². The molecule has 1 aliphatic rings. The predicted octanol–water partition coefficient (Wildman–Crippen LogP) is 5.44. The number of nitrogens with one attached hydrogen (secondary N) is 2. The van der Waals surface area contributed by atoms with Gasteiger partial charge in [-0.05, 0) is 31.5 Å². The summed E-state index contributed by atoms with van der Waals surface area (Å²) in [5.41, 5.74) is 3.47. The molecule has 2 aromatic heterocycles. The van der Waals surface area contributed by atoms with E-state index in [-0.39, 0.29) is 29.9 Å². The molecule has 11 nitrogen and oxygen atoms in total. The summed E-state index contributed by atoms with van der Waals surface area (Å²) in [6, 6.07) is 18.9. The number of hydrogen-bond donors (Lipinski definition) is 2. The van der Waals surface area contributed by atoms with Crippen molar-refractivity contribution in [2.75, 3.05) is 30.4 Å². The molecule has 0 radical (unpaired) electrons. The highest BCUT2D eigenvalue weighted by Crippen LogP contribution is 2.28. The Bertz CT molecular complexity index is 1630. The minimum Gasteiger partial charge on any atom is -0.439 e. The molecule has 1 atom stereocenters. The normalized spacial score (nSPS) is 14.8. The number of nitrogens with zero attached hydrogens (tertiary/aromatic N) is 6. The first-order chi connectivity index (χ1) is 21.0. The van der Waals surface area contributed by atoms with Crippen LogP contribution in [0.25, 0.3) is 5.69 Å². The van der Waals surface area contributed by atoms with Gasteiger partial charge in [-0.15, -0.1) is 0 Å². The summed E-state index contributed by atoms with van der Waals surface area (Å²) in [5, 5.41) is 10.7. The Morgan fingerprint density at radius 3 is 2.57 bits per heavy atom. The first kappa shape index (κ1) is 30.5. The monoisotopic (exact) mass is 596 g/mol. The maximum Gasteiger partial charge on any atom is 0.320 e. The number of likely N-dealkylation sites (N-methyl/N-ethyl adjacent to an activating group) is 1. The van der Waals surface area contributed by atoms with Crippen LogP contribution in [0.4, 0.5) is 16.6 Å². The third kappa shape index (κ3) is 7.16. The van der Waals surface area contributed by atoms with Gasteiger partial charge in [0.2, 0.25) is 17.7 Å². The number of benzene rings is 2. The van der Waals surface area contributed by atoms with Gasteiger partial charge in [0.25, 0.3) is 0 Å². The Hall–Kier alpha value is -4.93. The molecular weight excluding hydrogens is 556 g/mol. The van der Waals surface area contributed by atoms with Crippen molar-refractivity contribution in [2.45, 2.75) is 59.0 Å². The lowest BCUT2D eigenvalue weighted by atomic mass is 9.92. The lowest BCUT2D eigenvalue weighted by Crippen LogP contribution is -2.37. The Kier molecular flexibility index (Phi) is 8.84. The topological polar surface area (TPSA) is 118 Å². The Morgan fingerprint density at radius 2 is 1.84 bits per heavy atom. The number of carbonyl (C=O) groups is 2. The van der Waals surface area contributed by atoms with Crippen molar-refractivity contribution in [3.63, 3.8) is 0 Å². The van der Waals surface area contributed by atoms with Crippen LogP contribution in [0, 0.1) is 6.92 Å². The average molecular weight is 597 g/mol. The summed E-state index contributed by atoms with van der Waals surface area (Å²) in [7, 11) is 1.82. The number of anilines is 2. The Morgan fingerprint density at radius 1 is 1.09 bits per heavy atom. The van der Waals surface area contributed by atoms with Gasteiger partial charge < -0.3 is 19.9 Å². The van der Waals surface area contributed by atoms with Crippen molar-refractivity contribution >= 4 is 23.7 Å². The summed E-state index contributed by atoms with van der Waals surface area (Å²) in [6.45, 7) is 11.5. The molecule has 1 unspecified atom stereocenters. The van der Waals surface area contributed by atoms with Crippen LogP contribution in [-0.2, 0) is 16.8 Å². The number of amides is 3. The van der Waals surface area contributed by atoms with Gasteiger partial charge in [0.1, 0.15) is 11.6 Å². The number of hydrogen-bond acceptors (Lipinski definition) is 7. The van der Waals surface area contributed by atoms with E-state index in [1.54, 1.807) is 28.8 Å². The van der Waals surface area contributed by atoms with Crippen LogP contribution in [0.5, 0.6) is 11.6 Å². The molecule has 5 rings (SSSR count). The lowest BCUT2D eigenvalue weighted by Gasteiger charge is -2.23. The summed E-state index contributed by atoms with van der Waals surface area (Å²) in [4.78, 5) is 37.8. The third-order valence-corrected chi connectivity index (χ3v) is 7.73. The van der Waals surface area contributed by atoms with Crippen molar-refractivity contribution in [1.82, 2.24) is 30.0 Å². The van der Waals surface area contributed by atoms with E-state index in [9.17, 15) is 9.59 Å². The summed E-state index contributed by atoms with van der Waals surface area (Å²) >= 11 is 0. The number of rotatable bonds is 8. The van der Waals surface area contributed by atoms with Gasteiger partial charge in [0.15, 0.2) is 0 Å². The van der Waals surface area contributed by atoms with Crippen LogP contribution in [0.2, 0.25) is 0 Å². The number of aromatic nitrogens is 4. The van der Waals surface area contributed by atoms with Gasteiger partial charge in [-0.1, -0.05) is 56.7 Å². The first-order valence-corrected chi connectivity index (χ1v) is 14.8. The zero-order valence-corrected chi connectivity index (χ0v) is 26.2. The van der Waals surface area contributed by atoms with Gasteiger partial charge in [-0.25, -0.2) is 14.5 Å². The van der Waals surface area contributed by atoms with Crippen LogP contribution in [-0.4, -0.2) is 62.8 Å². The largest absolute Gasteiger partial charge is 0.439 e. The van der Waals surface area contributed by atoms with E-state index in [1.165, 1.54) is 0 Å². The molecule has 230 valence electrons. The van der Waals surface area contributed by atoms with Crippen LogP contribution in [0.1, 0.15) is 50.9 Å². The molecule has 3 amide bonds. The molecule has 0 saturated carbocycles. The minimum atomic E-state index is -0.364. The van der Waals surface area contributed by atoms with Crippen molar-refractivity contribution in [3.8, 4) is 17.3 Å². The molecule has 1 fully saturated rings. The number of ether oxygens (including phenoxy) is 1. The summed E-state index contributed by atoms with van der Waals surface area (Å²) in [6.07, 6.45) is 2.52. The molecular formula is C33H40N8O3. The van der Waals surface area contributed by atoms with Gasteiger partial charge in [-0.3, -0.25) is 10.1 Å². The second-order valence-electron chi connectivity index (χ2n) is 12.1. The molecule has 0 spiro atoms. The smallest absolute Gasteiger partial charge is 0.320 e. The fourth-order valence-electron chi connectivity index (χ4n) is 4.96. The average Bonchev–Trinajstić information content (AvgIpc) is 3.65. The maximum atomic E-state index is 13.1. The molecule has 44 heavy (non-hydrogen) atoms. The molecule has 2 N–H and O–H groups in total. The Labute approximate surface area is 258 Å². The first-order valence-electron chi connectivity index (χ1n) is 14.8. The van der Waals surface area contributed by atoms with Gasteiger partial charge >= 0.3 is 6.03 Å². The van der Waals surface area contributed by atoms with E-state index in [0.29, 0.717) is 29.9 Å².